The molecular formula is CH8IN5. The first-order valence-corrected chi connectivity index (χ1v) is 3.19. The Bertz CT molecular complexity index is 27.3. The van der Waals surface area contributed by atoms with Gasteiger partial charge in [-0.3, -0.25) is 5.84 Å². The largest absolute Gasteiger partial charge is 0.257 e. The minimum Gasteiger partial charge on any atom is -0.257 e. The fourth-order valence-corrected chi connectivity index (χ4v) is 0.304. The molecule has 0 unspecified atom stereocenters. The van der Waals surface area contributed by atoms with Crippen LogP contribution in [0.4, 0.5) is 0 Å². The predicted octanol–water partition coefficient (Wildman–Crippen LogP) is -1.64. The monoisotopic (exact) mass is 217 g/mol. The molecule has 0 radical (unpaired) electrons. The summed E-state index contributed by atoms with van der Waals surface area (Å²) in [6.45, 7) is 0. The Morgan fingerprint density at radius 3 is 2.57 bits per heavy atom. The van der Waals surface area contributed by atoms with Crippen LogP contribution in [0.25, 0.3) is 0 Å². The van der Waals surface area contributed by atoms with Crippen LogP contribution in [-0.2, 0) is 0 Å². The van der Waals surface area contributed by atoms with Crippen LogP contribution in [0.15, 0.2) is 0 Å². The molecule has 0 bridgehead atoms. The topological polar surface area (TPSA) is 74.1 Å². The van der Waals surface area contributed by atoms with Crippen LogP contribution in [0, 0.1) is 0 Å². The van der Waals surface area contributed by atoms with Crippen LogP contribution >= 0.6 is 22.6 Å². The van der Waals surface area contributed by atoms with E-state index in [1.807, 2.05) is 0 Å². The van der Waals surface area contributed by atoms with Crippen LogP contribution in [0.3, 0.4) is 0 Å². The van der Waals surface area contributed by atoms with Crippen molar-refractivity contribution in [2.75, 3.05) is 4.55 Å². The summed E-state index contributed by atoms with van der Waals surface area (Å²) < 4.78 is 0.812. The van der Waals surface area contributed by atoms with Gasteiger partial charge in [-0.2, -0.15) is 16.6 Å². The summed E-state index contributed by atoms with van der Waals surface area (Å²) in [4.78, 5) is 0. The molecule has 0 aliphatic heterocycles. The van der Waals surface area contributed by atoms with E-state index in [-0.39, 0.29) is 0 Å². The zero-order chi connectivity index (χ0) is 5.54. The highest BCUT2D eigenvalue weighted by molar-refractivity contribution is 14.1. The fourth-order valence-electron chi connectivity index (χ4n) is 0.114. The molecule has 0 spiro atoms. The highest BCUT2D eigenvalue weighted by Crippen LogP contribution is 1.65. The molecule has 0 aromatic heterocycles. The number of rotatable bonds is 4. The van der Waals surface area contributed by atoms with Gasteiger partial charge in [-0.05, 0) is 0 Å². The van der Waals surface area contributed by atoms with Crippen molar-refractivity contribution in [1.82, 2.24) is 22.0 Å². The van der Waals surface area contributed by atoms with Crippen molar-refractivity contribution in [3.63, 3.8) is 0 Å². The molecule has 0 aromatic rings. The predicted molar refractivity (Wildman–Crippen MR) is 35.6 cm³/mol. The molecule has 0 saturated heterocycles. The molecule has 0 amide bonds. The summed E-state index contributed by atoms with van der Waals surface area (Å²) in [5, 5.41) is 0. The number of nitrogens with one attached hydrogen (secondary N) is 4. The van der Waals surface area contributed by atoms with E-state index in [0.717, 1.165) is 4.55 Å². The second kappa shape index (κ2) is 6.53. The standard InChI is InChI=1S/CH8IN5/c2-1-4-6-7-5-3/h4-7H,1,3H2. The third-order valence-corrected chi connectivity index (χ3v) is 0.671. The van der Waals surface area contributed by atoms with E-state index in [1.165, 1.54) is 0 Å². The number of nitrogens with two attached hydrogens (primary N) is 1. The summed E-state index contributed by atoms with van der Waals surface area (Å²) >= 11 is 2.14. The summed E-state index contributed by atoms with van der Waals surface area (Å²) in [5.41, 5.74) is 9.86. The molecule has 6 N–H and O–H groups in total. The van der Waals surface area contributed by atoms with Gasteiger partial charge in [0.2, 0.25) is 0 Å². The van der Waals surface area contributed by atoms with Crippen LogP contribution in [0.1, 0.15) is 0 Å². The Labute approximate surface area is 55.4 Å². The minimum atomic E-state index is 0.812. The molecule has 5 nitrogen and oxygen atoms in total. The Morgan fingerprint density at radius 2 is 2.14 bits per heavy atom. The van der Waals surface area contributed by atoms with Gasteiger partial charge in [-0.25, -0.2) is 5.43 Å². The molecule has 0 aromatic carbocycles. The third kappa shape index (κ3) is 6.53. The lowest BCUT2D eigenvalue weighted by atomic mass is 11.5. The first-order valence-electron chi connectivity index (χ1n) is 1.66. The zero-order valence-corrected chi connectivity index (χ0v) is 5.82. The maximum Gasteiger partial charge on any atom is 0.0632 e. The highest BCUT2D eigenvalue weighted by atomic mass is 127. The molecule has 0 atom stereocenters. The fraction of sp³-hybridized carbons (Fsp3) is 1.00. The van der Waals surface area contributed by atoms with E-state index >= 15 is 0 Å². The molecule has 0 aliphatic carbocycles. The number of alkyl halides is 1. The molecule has 7 heavy (non-hydrogen) atoms. The van der Waals surface area contributed by atoms with Gasteiger partial charge in [-0.15, -0.1) is 0 Å². The molecule has 0 rings (SSSR count). The molecule has 0 aliphatic rings. The summed E-state index contributed by atoms with van der Waals surface area (Å²) in [7, 11) is 0. The van der Waals surface area contributed by atoms with E-state index in [9.17, 15) is 0 Å². The van der Waals surface area contributed by atoms with Gasteiger partial charge >= 0.3 is 0 Å². The SMILES string of the molecule is NNNNNCI. The lowest BCUT2D eigenvalue weighted by molar-refractivity contribution is 0.397. The summed E-state index contributed by atoms with van der Waals surface area (Å²) in [6, 6.07) is 0. The smallest absolute Gasteiger partial charge is 0.0632 e. The van der Waals surface area contributed by atoms with Crippen LogP contribution < -0.4 is 27.9 Å². The minimum absolute atomic E-state index is 0.812. The number of hydrogen-bond donors (Lipinski definition) is 5. The average molecular weight is 217 g/mol. The zero-order valence-electron chi connectivity index (χ0n) is 3.66. The molecular weight excluding hydrogens is 209 g/mol. The second-order valence-corrected chi connectivity index (χ2v) is 1.47. The maximum atomic E-state index is 4.80. The number of hydrogen-bond acceptors (Lipinski definition) is 5. The van der Waals surface area contributed by atoms with Crippen molar-refractivity contribution < 1.29 is 0 Å². The van der Waals surface area contributed by atoms with Gasteiger partial charge in [0.25, 0.3) is 0 Å². The van der Waals surface area contributed by atoms with E-state index in [1.54, 1.807) is 0 Å². The normalized spacial score (nSPS) is 9.43. The molecule has 0 heterocycles. The number of halogens is 1. The summed E-state index contributed by atoms with van der Waals surface area (Å²) in [5.74, 6) is 4.80. The molecule has 0 saturated carbocycles. The summed E-state index contributed by atoms with van der Waals surface area (Å²) in [6.07, 6.45) is 0. The average Bonchev–Trinajstić information content (AvgIpc) is 1.69. The second-order valence-electron chi connectivity index (χ2n) is 0.705. The van der Waals surface area contributed by atoms with Crippen molar-refractivity contribution in [1.29, 1.82) is 0 Å². The Balaban J connectivity index is 2.45. The van der Waals surface area contributed by atoms with Crippen molar-refractivity contribution in [3.8, 4) is 0 Å². The lowest BCUT2D eigenvalue weighted by Crippen LogP contribution is -2.52. The number of hydrazine groups is 4. The highest BCUT2D eigenvalue weighted by Gasteiger charge is 1.70. The Kier molecular flexibility index (Phi) is 7.02. The van der Waals surface area contributed by atoms with Crippen molar-refractivity contribution in [3.05, 3.63) is 0 Å². The van der Waals surface area contributed by atoms with Gasteiger partial charge in [0.15, 0.2) is 0 Å². The molecule has 0 fully saturated rings. The van der Waals surface area contributed by atoms with E-state index in [0.29, 0.717) is 0 Å². The van der Waals surface area contributed by atoms with Gasteiger partial charge < -0.3 is 0 Å². The quantitative estimate of drug-likeness (QED) is 0.0974. The van der Waals surface area contributed by atoms with Crippen LogP contribution in [-0.4, -0.2) is 4.55 Å². The van der Waals surface area contributed by atoms with Crippen LogP contribution in [0.2, 0.25) is 0 Å². The lowest BCUT2D eigenvalue weighted by Gasteiger charge is -2.01. The van der Waals surface area contributed by atoms with Crippen molar-refractivity contribution in [2.24, 2.45) is 5.84 Å². The van der Waals surface area contributed by atoms with Gasteiger partial charge in [0.05, 0.1) is 4.55 Å². The van der Waals surface area contributed by atoms with E-state index in [4.69, 9.17) is 5.84 Å². The van der Waals surface area contributed by atoms with Crippen LogP contribution in [0.5, 0.6) is 0 Å². The van der Waals surface area contributed by atoms with Gasteiger partial charge in [0, 0.05) is 0 Å². The Hall–Kier alpha value is 0.530. The molecule has 6 heteroatoms. The van der Waals surface area contributed by atoms with E-state index < -0.39 is 0 Å². The first-order chi connectivity index (χ1) is 3.41. The Morgan fingerprint density at radius 1 is 1.43 bits per heavy atom. The van der Waals surface area contributed by atoms with Crippen molar-refractivity contribution >= 4 is 22.6 Å². The van der Waals surface area contributed by atoms with Gasteiger partial charge in [-0.1, -0.05) is 22.6 Å². The van der Waals surface area contributed by atoms with Crippen molar-refractivity contribution in [2.45, 2.75) is 0 Å². The van der Waals surface area contributed by atoms with Gasteiger partial charge in [0.1, 0.15) is 0 Å². The van der Waals surface area contributed by atoms with E-state index in [2.05, 4.69) is 44.6 Å². The maximum absolute atomic E-state index is 4.80. The first kappa shape index (κ1) is 7.53. The molecule has 44 valence electrons. The third-order valence-electron chi connectivity index (χ3n) is 0.290.